The summed E-state index contributed by atoms with van der Waals surface area (Å²) in [7, 11) is 0. The molecule has 0 amide bonds. The number of benzene rings is 2. The van der Waals surface area contributed by atoms with Gasteiger partial charge >= 0.3 is 0 Å². The summed E-state index contributed by atoms with van der Waals surface area (Å²) in [5.74, 6) is 0. The molecule has 0 saturated carbocycles. The molecule has 0 aromatic heterocycles. The third-order valence-electron chi connectivity index (χ3n) is 2.92. The molecule has 0 radical (unpaired) electrons. The minimum absolute atomic E-state index is 0.793. The SMILES string of the molecule is Cc1ccc(Nc2c(C)cccc2C)cc1Cl. The lowest BCUT2D eigenvalue weighted by Gasteiger charge is -2.13. The van der Waals surface area contributed by atoms with E-state index in [1.807, 2.05) is 25.1 Å². The van der Waals surface area contributed by atoms with Gasteiger partial charge in [0.2, 0.25) is 0 Å². The molecule has 2 rings (SSSR count). The van der Waals surface area contributed by atoms with Crippen LogP contribution in [0.5, 0.6) is 0 Å². The van der Waals surface area contributed by atoms with Crippen LogP contribution in [-0.2, 0) is 0 Å². The maximum Gasteiger partial charge on any atom is 0.0455 e. The average molecular weight is 246 g/mol. The van der Waals surface area contributed by atoms with Crippen LogP contribution >= 0.6 is 11.6 Å². The maximum absolute atomic E-state index is 6.12. The van der Waals surface area contributed by atoms with Gasteiger partial charge in [0.1, 0.15) is 0 Å². The van der Waals surface area contributed by atoms with Crippen molar-refractivity contribution in [1.29, 1.82) is 0 Å². The van der Waals surface area contributed by atoms with Gasteiger partial charge in [0.05, 0.1) is 0 Å². The van der Waals surface area contributed by atoms with Crippen molar-refractivity contribution >= 4 is 23.0 Å². The van der Waals surface area contributed by atoms with Gasteiger partial charge < -0.3 is 5.32 Å². The van der Waals surface area contributed by atoms with Gasteiger partial charge in [-0.3, -0.25) is 0 Å². The van der Waals surface area contributed by atoms with Crippen LogP contribution in [0, 0.1) is 20.8 Å². The molecule has 0 spiro atoms. The highest BCUT2D eigenvalue weighted by Gasteiger charge is 2.03. The zero-order valence-electron chi connectivity index (χ0n) is 10.3. The molecule has 17 heavy (non-hydrogen) atoms. The van der Waals surface area contributed by atoms with Crippen molar-refractivity contribution in [2.24, 2.45) is 0 Å². The summed E-state index contributed by atoms with van der Waals surface area (Å²) in [6.45, 7) is 6.21. The minimum atomic E-state index is 0.793. The van der Waals surface area contributed by atoms with Crippen molar-refractivity contribution in [3.63, 3.8) is 0 Å². The first-order chi connectivity index (χ1) is 8.08. The monoisotopic (exact) mass is 245 g/mol. The molecule has 0 aliphatic rings. The van der Waals surface area contributed by atoms with Crippen LogP contribution in [0.2, 0.25) is 5.02 Å². The van der Waals surface area contributed by atoms with E-state index in [1.54, 1.807) is 0 Å². The van der Waals surface area contributed by atoms with E-state index in [1.165, 1.54) is 11.1 Å². The summed E-state index contributed by atoms with van der Waals surface area (Å²) in [5, 5.41) is 4.22. The fourth-order valence-electron chi connectivity index (χ4n) is 1.83. The van der Waals surface area contributed by atoms with E-state index in [4.69, 9.17) is 11.6 Å². The second-order valence-corrected chi connectivity index (χ2v) is 4.76. The van der Waals surface area contributed by atoms with Crippen LogP contribution in [0.15, 0.2) is 36.4 Å². The van der Waals surface area contributed by atoms with E-state index in [9.17, 15) is 0 Å². The molecular weight excluding hydrogens is 230 g/mol. The molecule has 2 aromatic carbocycles. The zero-order chi connectivity index (χ0) is 12.4. The molecule has 0 aliphatic heterocycles. The van der Waals surface area contributed by atoms with Gasteiger partial charge in [-0.05, 0) is 49.6 Å². The van der Waals surface area contributed by atoms with Crippen molar-refractivity contribution in [3.8, 4) is 0 Å². The topological polar surface area (TPSA) is 12.0 Å². The predicted molar refractivity (Wildman–Crippen MR) is 75.4 cm³/mol. The average Bonchev–Trinajstić information content (AvgIpc) is 2.28. The Hall–Kier alpha value is -1.47. The van der Waals surface area contributed by atoms with Crippen molar-refractivity contribution in [3.05, 3.63) is 58.1 Å². The van der Waals surface area contributed by atoms with E-state index in [2.05, 4.69) is 37.4 Å². The quantitative estimate of drug-likeness (QED) is 0.784. The van der Waals surface area contributed by atoms with Crippen molar-refractivity contribution in [1.82, 2.24) is 0 Å². The highest BCUT2D eigenvalue weighted by Crippen LogP contribution is 2.27. The largest absolute Gasteiger partial charge is 0.355 e. The molecule has 2 heteroatoms. The van der Waals surface area contributed by atoms with Crippen LogP contribution in [0.4, 0.5) is 11.4 Å². The normalized spacial score (nSPS) is 10.4. The first kappa shape index (κ1) is 12.0. The van der Waals surface area contributed by atoms with Crippen molar-refractivity contribution < 1.29 is 0 Å². The standard InChI is InChI=1S/C15H16ClN/c1-10-7-8-13(9-14(10)16)17-15-11(2)5-4-6-12(15)3/h4-9,17H,1-3H3. The fraction of sp³-hybridized carbons (Fsp3) is 0.200. The molecule has 0 bridgehead atoms. The number of hydrogen-bond acceptors (Lipinski definition) is 1. The van der Waals surface area contributed by atoms with Gasteiger partial charge in [0.25, 0.3) is 0 Å². The second kappa shape index (κ2) is 4.80. The van der Waals surface area contributed by atoms with Gasteiger partial charge in [-0.1, -0.05) is 35.9 Å². The van der Waals surface area contributed by atoms with E-state index in [0.717, 1.165) is 22.0 Å². The maximum atomic E-state index is 6.12. The Balaban J connectivity index is 2.35. The first-order valence-electron chi connectivity index (χ1n) is 5.67. The van der Waals surface area contributed by atoms with Crippen LogP contribution < -0.4 is 5.32 Å². The van der Waals surface area contributed by atoms with Crippen LogP contribution in [0.3, 0.4) is 0 Å². The van der Waals surface area contributed by atoms with E-state index in [0.29, 0.717) is 0 Å². The van der Waals surface area contributed by atoms with Crippen molar-refractivity contribution in [2.75, 3.05) is 5.32 Å². The zero-order valence-corrected chi connectivity index (χ0v) is 11.1. The fourth-order valence-corrected chi connectivity index (χ4v) is 2.01. The lowest BCUT2D eigenvalue weighted by atomic mass is 10.1. The highest BCUT2D eigenvalue weighted by molar-refractivity contribution is 6.31. The number of aryl methyl sites for hydroxylation is 3. The summed E-state index contributed by atoms with van der Waals surface area (Å²) >= 11 is 6.12. The lowest BCUT2D eigenvalue weighted by molar-refractivity contribution is 1.35. The molecule has 0 aliphatic carbocycles. The number of rotatable bonds is 2. The highest BCUT2D eigenvalue weighted by atomic mass is 35.5. The van der Waals surface area contributed by atoms with E-state index >= 15 is 0 Å². The van der Waals surface area contributed by atoms with E-state index in [-0.39, 0.29) is 0 Å². The Bertz CT molecular complexity index is 526. The Morgan fingerprint density at radius 2 is 1.53 bits per heavy atom. The first-order valence-corrected chi connectivity index (χ1v) is 6.05. The van der Waals surface area contributed by atoms with Gasteiger partial charge in [-0.2, -0.15) is 0 Å². The molecule has 88 valence electrons. The Morgan fingerprint density at radius 1 is 0.882 bits per heavy atom. The number of para-hydroxylation sites is 1. The number of nitrogens with one attached hydrogen (secondary N) is 1. The minimum Gasteiger partial charge on any atom is -0.355 e. The molecule has 0 saturated heterocycles. The molecule has 0 heterocycles. The Morgan fingerprint density at radius 3 is 2.12 bits per heavy atom. The molecule has 1 N–H and O–H groups in total. The molecule has 0 unspecified atom stereocenters. The molecule has 0 atom stereocenters. The van der Waals surface area contributed by atoms with Gasteiger partial charge in [0, 0.05) is 16.4 Å². The summed E-state index contributed by atoms with van der Waals surface area (Å²) in [6.07, 6.45) is 0. The summed E-state index contributed by atoms with van der Waals surface area (Å²) < 4.78 is 0. The molecular formula is C15H16ClN. The van der Waals surface area contributed by atoms with E-state index < -0.39 is 0 Å². The Kier molecular flexibility index (Phi) is 3.39. The second-order valence-electron chi connectivity index (χ2n) is 4.36. The molecule has 1 nitrogen and oxygen atoms in total. The van der Waals surface area contributed by atoms with Gasteiger partial charge in [0.15, 0.2) is 0 Å². The predicted octanol–water partition coefficient (Wildman–Crippen LogP) is 5.01. The number of anilines is 2. The Labute approximate surface area is 107 Å². The van der Waals surface area contributed by atoms with Crippen molar-refractivity contribution in [2.45, 2.75) is 20.8 Å². The summed E-state index contributed by atoms with van der Waals surface area (Å²) in [4.78, 5) is 0. The molecule has 0 fully saturated rings. The smallest absolute Gasteiger partial charge is 0.0455 e. The van der Waals surface area contributed by atoms with Crippen LogP contribution in [0.25, 0.3) is 0 Å². The summed E-state index contributed by atoms with van der Waals surface area (Å²) in [6, 6.07) is 12.3. The van der Waals surface area contributed by atoms with Crippen LogP contribution in [-0.4, -0.2) is 0 Å². The lowest BCUT2D eigenvalue weighted by Crippen LogP contribution is -1.96. The third-order valence-corrected chi connectivity index (χ3v) is 3.33. The number of hydrogen-bond donors (Lipinski definition) is 1. The van der Waals surface area contributed by atoms with Crippen LogP contribution in [0.1, 0.15) is 16.7 Å². The number of halogens is 1. The van der Waals surface area contributed by atoms with Gasteiger partial charge in [-0.15, -0.1) is 0 Å². The molecule has 2 aromatic rings. The third kappa shape index (κ3) is 2.62. The van der Waals surface area contributed by atoms with Gasteiger partial charge in [-0.25, -0.2) is 0 Å². The summed E-state index contributed by atoms with van der Waals surface area (Å²) in [5.41, 5.74) is 5.76.